The maximum Gasteiger partial charge on any atom is 0.149 e. The molecule has 0 unspecified atom stereocenters. The van der Waals surface area contributed by atoms with Gasteiger partial charge in [-0.05, 0) is 19.1 Å². The normalized spacial score (nSPS) is 10.8. The van der Waals surface area contributed by atoms with Crippen LogP contribution in [0, 0.1) is 11.6 Å². The van der Waals surface area contributed by atoms with Crippen molar-refractivity contribution in [2.75, 3.05) is 17.2 Å². The van der Waals surface area contributed by atoms with Crippen molar-refractivity contribution in [3.8, 4) is 0 Å². The Morgan fingerprint density at radius 3 is 2.29 bits per heavy atom. The predicted octanol–water partition coefficient (Wildman–Crippen LogP) is 4.05. The van der Waals surface area contributed by atoms with Gasteiger partial charge in [0.2, 0.25) is 0 Å². The molecule has 2 N–H and O–H groups in total. The van der Waals surface area contributed by atoms with Crippen molar-refractivity contribution in [2.45, 2.75) is 26.7 Å². The number of halogens is 2. The lowest BCUT2D eigenvalue weighted by molar-refractivity contribution is 0.590. The SMILES string of the molecule is CCNc1cc(Nc2c(F)cccc2F)nc(C(C)C)n1. The zero-order chi connectivity index (χ0) is 15.4. The third-order valence-electron chi connectivity index (χ3n) is 2.83. The number of nitrogens with one attached hydrogen (secondary N) is 2. The van der Waals surface area contributed by atoms with Crippen LogP contribution in [0.2, 0.25) is 0 Å². The smallest absolute Gasteiger partial charge is 0.149 e. The third kappa shape index (κ3) is 3.65. The highest BCUT2D eigenvalue weighted by Crippen LogP contribution is 2.24. The Hall–Kier alpha value is -2.24. The van der Waals surface area contributed by atoms with Gasteiger partial charge >= 0.3 is 0 Å². The summed E-state index contributed by atoms with van der Waals surface area (Å²) < 4.78 is 27.4. The number of nitrogens with zero attached hydrogens (tertiary/aromatic N) is 2. The summed E-state index contributed by atoms with van der Waals surface area (Å²) in [5.74, 6) is 0.362. The molecule has 1 aromatic carbocycles. The number of benzene rings is 1. The van der Waals surface area contributed by atoms with E-state index >= 15 is 0 Å². The number of hydrogen-bond acceptors (Lipinski definition) is 4. The minimum Gasteiger partial charge on any atom is -0.370 e. The number of rotatable bonds is 5. The van der Waals surface area contributed by atoms with E-state index in [2.05, 4.69) is 20.6 Å². The van der Waals surface area contributed by atoms with Crippen LogP contribution in [0.4, 0.5) is 26.1 Å². The highest BCUT2D eigenvalue weighted by molar-refractivity contribution is 5.60. The van der Waals surface area contributed by atoms with Crippen molar-refractivity contribution in [1.29, 1.82) is 0 Å². The van der Waals surface area contributed by atoms with Crippen LogP contribution < -0.4 is 10.6 Å². The zero-order valence-corrected chi connectivity index (χ0v) is 12.2. The Morgan fingerprint density at radius 1 is 1.10 bits per heavy atom. The minimum atomic E-state index is -0.662. The van der Waals surface area contributed by atoms with Crippen LogP contribution in [0.15, 0.2) is 24.3 Å². The molecule has 6 heteroatoms. The van der Waals surface area contributed by atoms with Crippen LogP contribution >= 0.6 is 0 Å². The second kappa shape index (κ2) is 6.47. The van der Waals surface area contributed by atoms with E-state index in [1.165, 1.54) is 18.2 Å². The summed E-state index contributed by atoms with van der Waals surface area (Å²) in [5, 5.41) is 5.77. The summed E-state index contributed by atoms with van der Waals surface area (Å²) in [7, 11) is 0. The molecule has 112 valence electrons. The predicted molar refractivity (Wildman–Crippen MR) is 79.9 cm³/mol. The fraction of sp³-hybridized carbons (Fsp3) is 0.333. The number of aromatic nitrogens is 2. The molecule has 0 aliphatic rings. The summed E-state index contributed by atoms with van der Waals surface area (Å²) >= 11 is 0. The van der Waals surface area contributed by atoms with Gasteiger partial charge in [-0.25, -0.2) is 18.7 Å². The summed E-state index contributed by atoms with van der Waals surface area (Å²) in [6.07, 6.45) is 0. The first-order valence-corrected chi connectivity index (χ1v) is 6.85. The Bertz CT molecular complexity index is 609. The van der Waals surface area contributed by atoms with Crippen molar-refractivity contribution in [3.05, 3.63) is 41.7 Å². The number of para-hydroxylation sites is 1. The topological polar surface area (TPSA) is 49.8 Å². The standard InChI is InChI=1S/C15H18F2N4/c1-4-18-12-8-13(21-15(20-12)9(2)3)19-14-10(16)6-5-7-11(14)17/h5-9H,4H2,1-3H3,(H2,18,19,20,21). The van der Waals surface area contributed by atoms with Crippen molar-refractivity contribution < 1.29 is 8.78 Å². The molecule has 0 atom stereocenters. The van der Waals surface area contributed by atoms with Gasteiger partial charge < -0.3 is 10.6 Å². The van der Waals surface area contributed by atoms with E-state index in [4.69, 9.17) is 0 Å². The molecular weight excluding hydrogens is 274 g/mol. The monoisotopic (exact) mass is 292 g/mol. The van der Waals surface area contributed by atoms with E-state index in [0.29, 0.717) is 24.0 Å². The van der Waals surface area contributed by atoms with Gasteiger partial charge in [0, 0.05) is 18.5 Å². The first-order valence-electron chi connectivity index (χ1n) is 6.85. The molecule has 4 nitrogen and oxygen atoms in total. The van der Waals surface area contributed by atoms with Crippen molar-refractivity contribution in [2.24, 2.45) is 0 Å². The van der Waals surface area contributed by atoms with Gasteiger partial charge in [0.15, 0.2) is 0 Å². The Labute approximate surface area is 122 Å². The molecule has 21 heavy (non-hydrogen) atoms. The van der Waals surface area contributed by atoms with Gasteiger partial charge in [-0.15, -0.1) is 0 Å². The summed E-state index contributed by atoms with van der Waals surface area (Å²) in [4.78, 5) is 8.66. The Kier molecular flexibility index (Phi) is 4.67. The molecule has 0 radical (unpaired) electrons. The molecular formula is C15H18F2N4. The molecule has 2 aromatic rings. The molecule has 0 aliphatic carbocycles. The van der Waals surface area contributed by atoms with Gasteiger partial charge in [-0.3, -0.25) is 0 Å². The van der Waals surface area contributed by atoms with Gasteiger partial charge in [0.1, 0.15) is 34.8 Å². The molecule has 1 aromatic heterocycles. The fourth-order valence-electron chi connectivity index (χ4n) is 1.81. The van der Waals surface area contributed by atoms with Gasteiger partial charge in [-0.2, -0.15) is 0 Å². The van der Waals surface area contributed by atoms with Crippen LogP contribution in [0.3, 0.4) is 0 Å². The lowest BCUT2D eigenvalue weighted by atomic mass is 10.2. The quantitative estimate of drug-likeness (QED) is 0.872. The minimum absolute atomic E-state index is 0.106. The molecule has 1 heterocycles. The van der Waals surface area contributed by atoms with Crippen LogP contribution in [-0.2, 0) is 0 Å². The maximum absolute atomic E-state index is 13.7. The molecule has 2 rings (SSSR count). The van der Waals surface area contributed by atoms with Crippen molar-refractivity contribution in [1.82, 2.24) is 9.97 Å². The van der Waals surface area contributed by atoms with Crippen LogP contribution in [-0.4, -0.2) is 16.5 Å². The number of hydrogen-bond donors (Lipinski definition) is 2. The Balaban J connectivity index is 2.39. The third-order valence-corrected chi connectivity index (χ3v) is 2.83. The molecule has 0 amide bonds. The van der Waals surface area contributed by atoms with Gasteiger partial charge in [-0.1, -0.05) is 19.9 Å². The van der Waals surface area contributed by atoms with Crippen LogP contribution in [0.1, 0.15) is 32.5 Å². The van der Waals surface area contributed by atoms with Crippen LogP contribution in [0.5, 0.6) is 0 Å². The van der Waals surface area contributed by atoms with Gasteiger partial charge in [0.05, 0.1) is 0 Å². The molecule has 0 saturated carbocycles. The average Bonchev–Trinajstić information content (AvgIpc) is 2.43. The zero-order valence-electron chi connectivity index (χ0n) is 12.2. The molecule has 0 spiro atoms. The molecule has 0 bridgehead atoms. The van der Waals surface area contributed by atoms with E-state index < -0.39 is 11.6 Å². The van der Waals surface area contributed by atoms with Crippen molar-refractivity contribution in [3.63, 3.8) is 0 Å². The fourth-order valence-corrected chi connectivity index (χ4v) is 1.81. The largest absolute Gasteiger partial charge is 0.370 e. The van der Waals surface area contributed by atoms with Crippen LogP contribution in [0.25, 0.3) is 0 Å². The second-order valence-corrected chi connectivity index (χ2v) is 4.90. The van der Waals surface area contributed by atoms with E-state index in [9.17, 15) is 8.78 Å². The molecule has 0 saturated heterocycles. The lowest BCUT2D eigenvalue weighted by Crippen LogP contribution is -2.08. The van der Waals surface area contributed by atoms with Crippen molar-refractivity contribution >= 4 is 17.3 Å². The Morgan fingerprint density at radius 2 is 1.71 bits per heavy atom. The highest BCUT2D eigenvalue weighted by Gasteiger charge is 2.12. The maximum atomic E-state index is 13.7. The van der Waals surface area contributed by atoms with E-state index in [1.807, 2.05) is 20.8 Å². The average molecular weight is 292 g/mol. The lowest BCUT2D eigenvalue weighted by Gasteiger charge is -2.13. The summed E-state index contributed by atoms with van der Waals surface area (Å²) in [6, 6.07) is 5.34. The molecule has 0 aliphatic heterocycles. The number of anilines is 3. The first-order chi connectivity index (χ1) is 10.0. The van der Waals surface area contributed by atoms with Gasteiger partial charge in [0.25, 0.3) is 0 Å². The van der Waals surface area contributed by atoms with E-state index in [-0.39, 0.29) is 11.6 Å². The second-order valence-electron chi connectivity index (χ2n) is 4.90. The summed E-state index contributed by atoms with van der Waals surface area (Å²) in [6.45, 7) is 6.56. The first kappa shape index (κ1) is 15.2. The highest BCUT2D eigenvalue weighted by atomic mass is 19.1. The summed E-state index contributed by atoms with van der Waals surface area (Å²) in [5.41, 5.74) is -0.214. The van der Waals surface area contributed by atoms with E-state index in [0.717, 1.165) is 0 Å². The molecule has 0 fully saturated rings. The van der Waals surface area contributed by atoms with E-state index in [1.54, 1.807) is 6.07 Å².